The second-order valence-corrected chi connectivity index (χ2v) is 5.52. The molecule has 0 atom stereocenters. The average Bonchev–Trinajstić information content (AvgIpc) is 3.30. The molecular formula is C15H11N5OS. The molecule has 4 rings (SSSR count). The van der Waals surface area contributed by atoms with E-state index in [1.807, 2.05) is 41.8 Å². The maximum atomic E-state index is 5.08. The Morgan fingerprint density at radius 2 is 2.00 bits per heavy atom. The molecular weight excluding hydrogens is 298 g/mol. The molecule has 1 aromatic carbocycles. The van der Waals surface area contributed by atoms with Crippen LogP contribution in [-0.2, 0) is 6.54 Å². The quantitative estimate of drug-likeness (QED) is 0.579. The molecule has 0 amide bonds. The zero-order chi connectivity index (χ0) is 14.8. The summed E-state index contributed by atoms with van der Waals surface area (Å²) in [5.41, 5.74) is 2.83. The van der Waals surface area contributed by atoms with Crippen molar-refractivity contribution in [1.29, 1.82) is 0 Å². The van der Waals surface area contributed by atoms with E-state index in [1.165, 1.54) is 0 Å². The normalized spacial score (nSPS) is 10.9. The third kappa shape index (κ3) is 2.53. The van der Waals surface area contributed by atoms with Gasteiger partial charge in [0.1, 0.15) is 17.8 Å². The predicted molar refractivity (Wildman–Crippen MR) is 82.2 cm³/mol. The third-order valence-corrected chi connectivity index (χ3v) is 4.05. The van der Waals surface area contributed by atoms with Gasteiger partial charge in [0.15, 0.2) is 0 Å². The Bertz CT molecular complexity index is 866. The summed E-state index contributed by atoms with van der Waals surface area (Å²) < 4.78 is 5.08. The summed E-state index contributed by atoms with van der Waals surface area (Å²) in [4.78, 5) is 6.11. The van der Waals surface area contributed by atoms with Crippen LogP contribution < -0.4 is 0 Å². The van der Waals surface area contributed by atoms with E-state index in [4.69, 9.17) is 4.42 Å². The van der Waals surface area contributed by atoms with Gasteiger partial charge in [-0.05, 0) is 11.3 Å². The fourth-order valence-electron chi connectivity index (χ4n) is 2.06. The van der Waals surface area contributed by atoms with Crippen LogP contribution in [0.3, 0.4) is 0 Å². The Balaban J connectivity index is 1.54. The predicted octanol–water partition coefficient (Wildman–Crippen LogP) is 3.10. The lowest BCUT2D eigenvalue weighted by Gasteiger charge is -1.94. The molecule has 22 heavy (non-hydrogen) atoms. The molecule has 4 aromatic rings. The molecule has 0 saturated heterocycles. The molecule has 0 bridgehead atoms. The maximum absolute atomic E-state index is 5.08. The van der Waals surface area contributed by atoms with Crippen LogP contribution in [0, 0.1) is 0 Å². The van der Waals surface area contributed by atoms with Crippen LogP contribution in [0.15, 0.2) is 58.7 Å². The summed E-state index contributed by atoms with van der Waals surface area (Å²) in [6.45, 7) is 0.494. The Morgan fingerprint density at radius 1 is 1.09 bits per heavy atom. The van der Waals surface area contributed by atoms with Crippen LogP contribution >= 0.6 is 11.3 Å². The van der Waals surface area contributed by atoms with E-state index in [9.17, 15) is 0 Å². The average molecular weight is 309 g/mol. The summed E-state index contributed by atoms with van der Waals surface area (Å²) >= 11 is 1.57. The molecule has 0 aliphatic carbocycles. The first-order chi connectivity index (χ1) is 10.9. The SMILES string of the molecule is c1ccc(-c2nnn(Cc3csc(-c4ccoc4)n3)n2)cc1. The minimum Gasteiger partial charge on any atom is -0.472 e. The van der Waals surface area contributed by atoms with Crippen LogP contribution in [-0.4, -0.2) is 25.2 Å². The number of hydrogen-bond donors (Lipinski definition) is 0. The van der Waals surface area contributed by atoms with E-state index >= 15 is 0 Å². The first-order valence-electron chi connectivity index (χ1n) is 6.69. The highest BCUT2D eigenvalue weighted by Gasteiger charge is 2.09. The van der Waals surface area contributed by atoms with Gasteiger partial charge in [0.05, 0.1) is 12.0 Å². The van der Waals surface area contributed by atoms with Gasteiger partial charge in [-0.3, -0.25) is 0 Å². The summed E-state index contributed by atoms with van der Waals surface area (Å²) in [5, 5.41) is 15.5. The minimum atomic E-state index is 0.494. The number of furan rings is 1. The van der Waals surface area contributed by atoms with Crippen molar-refractivity contribution in [2.24, 2.45) is 0 Å². The number of rotatable bonds is 4. The van der Waals surface area contributed by atoms with E-state index in [-0.39, 0.29) is 0 Å². The first kappa shape index (κ1) is 12.9. The molecule has 3 heterocycles. The van der Waals surface area contributed by atoms with Crippen molar-refractivity contribution >= 4 is 11.3 Å². The van der Waals surface area contributed by atoms with Gasteiger partial charge in [0.25, 0.3) is 0 Å². The van der Waals surface area contributed by atoms with Crippen molar-refractivity contribution < 1.29 is 4.42 Å². The molecule has 0 radical (unpaired) electrons. The Kier molecular flexibility index (Phi) is 3.24. The van der Waals surface area contributed by atoms with E-state index < -0.39 is 0 Å². The Labute approximate surface area is 130 Å². The fourth-order valence-corrected chi connectivity index (χ4v) is 2.85. The number of tetrazole rings is 1. The maximum Gasteiger partial charge on any atom is 0.204 e. The molecule has 0 spiro atoms. The highest BCUT2D eigenvalue weighted by molar-refractivity contribution is 7.13. The largest absolute Gasteiger partial charge is 0.472 e. The van der Waals surface area contributed by atoms with Gasteiger partial charge in [0.2, 0.25) is 5.82 Å². The molecule has 3 aromatic heterocycles. The third-order valence-electron chi connectivity index (χ3n) is 3.11. The van der Waals surface area contributed by atoms with E-state index in [0.717, 1.165) is 21.8 Å². The number of thiazole rings is 1. The summed E-state index contributed by atoms with van der Waals surface area (Å²) in [5.74, 6) is 0.617. The molecule has 0 saturated carbocycles. The van der Waals surface area contributed by atoms with Crippen LogP contribution in [0.5, 0.6) is 0 Å². The molecule has 6 nitrogen and oxygen atoms in total. The summed E-state index contributed by atoms with van der Waals surface area (Å²) in [6.07, 6.45) is 3.32. The topological polar surface area (TPSA) is 69.6 Å². The van der Waals surface area contributed by atoms with Gasteiger partial charge >= 0.3 is 0 Å². The monoisotopic (exact) mass is 309 g/mol. The second kappa shape index (κ2) is 5.53. The highest BCUT2D eigenvalue weighted by atomic mass is 32.1. The molecule has 0 aliphatic heterocycles. The molecule has 0 fully saturated rings. The summed E-state index contributed by atoms with van der Waals surface area (Å²) in [7, 11) is 0. The van der Waals surface area contributed by atoms with Crippen LogP contribution in [0.4, 0.5) is 0 Å². The Morgan fingerprint density at radius 3 is 2.82 bits per heavy atom. The number of hydrogen-bond acceptors (Lipinski definition) is 6. The molecule has 0 unspecified atom stereocenters. The van der Waals surface area contributed by atoms with Gasteiger partial charge in [-0.2, -0.15) is 4.80 Å². The van der Waals surface area contributed by atoms with Crippen molar-refractivity contribution in [2.75, 3.05) is 0 Å². The molecule has 0 aliphatic rings. The van der Waals surface area contributed by atoms with E-state index in [2.05, 4.69) is 20.4 Å². The van der Waals surface area contributed by atoms with Crippen molar-refractivity contribution in [3.63, 3.8) is 0 Å². The second-order valence-electron chi connectivity index (χ2n) is 4.67. The van der Waals surface area contributed by atoms with E-state index in [1.54, 1.807) is 28.7 Å². The zero-order valence-corrected chi connectivity index (χ0v) is 12.3. The molecule has 0 N–H and O–H groups in total. The summed E-state index contributed by atoms with van der Waals surface area (Å²) in [6, 6.07) is 11.7. The van der Waals surface area contributed by atoms with Gasteiger partial charge in [-0.1, -0.05) is 30.3 Å². The lowest BCUT2D eigenvalue weighted by molar-refractivity contribution is 0.565. The highest BCUT2D eigenvalue weighted by Crippen LogP contribution is 2.24. The standard InChI is InChI=1S/C15H11N5OS/c1-2-4-11(5-3-1)14-17-19-20(18-14)8-13-10-22-15(16-13)12-6-7-21-9-12/h1-7,9-10H,8H2. The fraction of sp³-hybridized carbons (Fsp3) is 0.0667. The minimum absolute atomic E-state index is 0.494. The molecule has 108 valence electrons. The van der Waals surface area contributed by atoms with Crippen molar-refractivity contribution in [3.05, 3.63) is 60.0 Å². The number of nitrogens with zero attached hydrogens (tertiary/aromatic N) is 5. The van der Waals surface area contributed by atoms with Gasteiger partial charge in [-0.15, -0.1) is 21.5 Å². The van der Waals surface area contributed by atoms with Crippen molar-refractivity contribution in [3.8, 4) is 22.0 Å². The van der Waals surface area contributed by atoms with Gasteiger partial charge < -0.3 is 4.42 Å². The van der Waals surface area contributed by atoms with Crippen LogP contribution in [0.1, 0.15) is 5.69 Å². The first-order valence-corrected chi connectivity index (χ1v) is 7.57. The van der Waals surface area contributed by atoms with Crippen LogP contribution in [0.2, 0.25) is 0 Å². The number of aromatic nitrogens is 5. The Hall–Kier alpha value is -2.80. The van der Waals surface area contributed by atoms with Gasteiger partial charge in [0, 0.05) is 16.5 Å². The van der Waals surface area contributed by atoms with Crippen LogP contribution in [0.25, 0.3) is 22.0 Å². The molecule has 7 heteroatoms. The van der Waals surface area contributed by atoms with Gasteiger partial charge in [-0.25, -0.2) is 4.98 Å². The number of benzene rings is 1. The van der Waals surface area contributed by atoms with Crippen molar-refractivity contribution in [2.45, 2.75) is 6.54 Å². The smallest absolute Gasteiger partial charge is 0.204 e. The lowest BCUT2D eigenvalue weighted by atomic mass is 10.2. The van der Waals surface area contributed by atoms with Crippen molar-refractivity contribution in [1.82, 2.24) is 25.2 Å². The van der Waals surface area contributed by atoms with E-state index in [0.29, 0.717) is 12.4 Å². The zero-order valence-electron chi connectivity index (χ0n) is 11.5. The lowest BCUT2D eigenvalue weighted by Crippen LogP contribution is -2.04.